The second-order valence-electron chi connectivity index (χ2n) is 3.76. The molecule has 0 aliphatic heterocycles. The lowest BCUT2D eigenvalue weighted by Gasteiger charge is -2.16. The molecule has 0 aliphatic carbocycles. The Bertz CT molecular complexity index is 299. The molecular formula is C12H19NO2. The van der Waals surface area contributed by atoms with Crippen LogP contribution in [0.15, 0.2) is 24.3 Å². The third kappa shape index (κ3) is 3.90. The molecule has 0 unspecified atom stereocenters. The molecule has 0 saturated carbocycles. The van der Waals surface area contributed by atoms with Crippen molar-refractivity contribution in [1.82, 2.24) is 5.32 Å². The van der Waals surface area contributed by atoms with Gasteiger partial charge in [-0.05, 0) is 31.5 Å². The van der Waals surface area contributed by atoms with Gasteiger partial charge < -0.3 is 15.2 Å². The van der Waals surface area contributed by atoms with E-state index in [1.807, 2.05) is 24.3 Å². The van der Waals surface area contributed by atoms with Gasteiger partial charge in [0, 0.05) is 12.6 Å². The maximum Gasteiger partial charge on any atom is 0.119 e. The van der Waals surface area contributed by atoms with Gasteiger partial charge in [0.25, 0.3) is 0 Å². The van der Waals surface area contributed by atoms with Crippen LogP contribution in [0, 0.1) is 0 Å². The van der Waals surface area contributed by atoms with Crippen molar-refractivity contribution in [3.8, 4) is 5.75 Å². The van der Waals surface area contributed by atoms with Crippen LogP contribution in [-0.2, 0) is 0 Å². The van der Waals surface area contributed by atoms with Gasteiger partial charge in [-0.2, -0.15) is 0 Å². The van der Waals surface area contributed by atoms with Crippen LogP contribution in [0.25, 0.3) is 0 Å². The monoisotopic (exact) mass is 209 g/mol. The lowest BCUT2D eigenvalue weighted by Crippen LogP contribution is -2.27. The molecule has 0 aliphatic rings. The first-order chi connectivity index (χ1) is 7.13. The summed E-state index contributed by atoms with van der Waals surface area (Å²) in [6.07, 6.45) is -0.321. The molecule has 0 bridgehead atoms. The summed E-state index contributed by atoms with van der Waals surface area (Å²) in [5.41, 5.74) is 1.16. The zero-order chi connectivity index (χ0) is 11.3. The molecule has 2 atom stereocenters. The molecule has 0 saturated heterocycles. The van der Waals surface area contributed by atoms with E-state index in [0.717, 1.165) is 11.3 Å². The van der Waals surface area contributed by atoms with Gasteiger partial charge >= 0.3 is 0 Å². The quantitative estimate of drug-likeness (QED) is 0.776. The van der Waals surface area contributed by atoms with Crippen molar-refractivity contribution in [2.75, 3.05) is 13.7 Å². The van der Waals surface area contributed by atoms with Crippen molar-refractivity contribution in [1.29, 1.82) is 0 Å². The topological polar surface area (TPSA) is 41.5 Å². The van der Waals surface area contributed by atoms with Crippen molar-refractivity contribution in [3.63, 3.8) is 0 Å². The van der Waals surface area contributed by atoms with E-state index in [1.54, 1.807) is 14.0 Å². The minimum atomic E-state index is -0.321. The normalized spacial score (nSPS) is 14.7. The predicted octanol–water partition coefficient (Wildman–Crippen LogP) is 1.73. The highest BCUT2D eigenvalue weighted by Crippen LogP contribution is 2.18. The van der Waals surface area contributed by atoms with Crippen LogP contribution in [0.4, 0.5) is 0 Å². The molecule has 3 heteroatoms. The fraction of sp³-hybridized carbons (Fsp3) is 0.500. The van der Waals surface area contributed by atoms with E-state index in [9.17, 15) is 0 Å². The Balaban J connectivity index is 2.60. The Morgan fingerprint density at radius 1 is 1.40 bits per heavy atom. The number of methoxy groups -OCH3 is 1. The van der Waals surface area contributed by atoms with E-state index >= 15 is 0 Å². The Labute approximate surface area is 91.1 Å². The van der Waals surface area contributed by atoms with Gasteiger partial charge in [0.1, 0.15) is 5.75 Å². The van der Waals surface area contributed by atoms with Crippen molar-refractivity contribution >= 4 is 0 Å². The maximum absolute atomic E-state index is 9.16. The highest BCUT2D eigenvalue weighted by atomic mass is 16.5. The average Bonchev–Trinajstić information content (AvgIpc) is 2.26. The molecule has 1 aromatic rings. The van der Waals surface area contributed by atoms with Gasteiger partial charge in [0.05, 0.1) is 13.2 Å². The summed E-state index contributed by atoms with van der Waals surface area (Å²) in [7, 11) is 1.66. The standard InChI is InChI=1S/C12H19NO2/c1-9(14)8-13-10(2)11-5-4-6-12(7-11)15-3/h4-7,9-10,13-14H,8H2,1-3H3/t9-,10-/m0/s1. The highest BCUT2D eigenvalue weighted by molar-refractivity contribution is 5.30. The van der Waals surface area contributed by atoms with Crippen LogP contribution in [0.5, 0.6) is 5.75 Å². The van der Waals surface area contributed by atoms with Crippen LogP contribution in [0.1, 0.15) is 25.5 Å². The third-order valence-electron chi connectivity index (χ3n) is 2.31. The van der Waals surface area contributed by atoms with Crippen LogP contribution < -0.4 is 10.1 Å². The van der Waals surface area contributed by atoms with Gasteiger partial charge in [0.15, 0.2) is 0 Å². The number of ether oxygens (including phenoxy) is 1. The lowest BCUT2D eigenvalue weighted by molar-refractivity contribution is 0.187. The van der Waals surface area contributed by atoms with Crippen LogP contribution >= 0.6 is 0 Å². The van der Waals surface area contributed by atoms with Crippen LogP contribution in [0.2, 0.25) is 0 Å². The molecule has 0 amide bonds. The number of nitrogens with one attached hydrogen (secondary N) is 1. The smallest absolute Gasteiger partial charge is 0.119 e. The number of rotatable bonds is 5. The first kappa shape index (κ1) is 12.0. The second kappa shape index (κ2) is 5.73. The Hall–Kier alpha value is -1.06. The maximum atomic E-state index is 9.16. The average molecular weight is 209 g/mol. The molecule has 0 fully saturated rings. The molecule has 1 aromatic carbocycles. The van der Waals surface area contributed by atoms with E-state index in [0.29, 0.717) is 6.54 Å². The minimum absolute atomic E-state index is 0.217. The molecule has 15 heavy (non-hydrogen) atoms. The van der Waals surface area contributed by atoms with Crippen LogP contribution in [0.3, 0.4) is 0 Å². The Morgan fingerprint density at radius 2 is 2.13 bits per heavy atom. The number of aliphatic hydroxyl groups is 1. The van der Waals surface area contributed by atoms with Crippen molar-refractivity contribution < 1.29 is 9.84 Å². The Kier molecular flexibility index (Phi) is 4.59. The van der Waals surface area contributed by atoms with E-state index in [2.05, 4.69) is 12.2 Å². The first-order valence-corrected chi connectivity index (χ1v) is 5.19. The molecular weight excluding hydrogens is 190 g/mol. The second-order valence-corrected chi connectivity index (χ2v) is 3.76. The van der Waals surface area contributed by atoms with Crippen molar-refractivity contribution in [2.45, 2.75) is 26.0 Å². The molecule has 3 nitrogen and oxygen atoms in total. The number of benzene rings is 1. The van der Waals surface area contributed by atoms with Crippen molar-refractivity contribution in [2.24, 2.45) is 0 Å². The molecule has 1 rings (SSSR count). The summed E-state index contributed by atoms with van der Waals surface area (Å²) >= 11 is 0. The number of hydrogen-bond acceptors (Lipinski definition) is 3. The molecule has 84 valence electrons. The fourth-order valence-electron chi connectivity index (χ4n) is 1.38. The number of aliphatic hydroxyl groups excluding tert-OH is 1. The summed E-state index contributed by atoms with van der Waals surface area (Å²) in [4.78, 5) is 0. The third-order valence-corrected chi connectivity index (χ3v) is 2.31. The summed E-state index contributed by atoms with van der Waals surface area (Å²) in [5.74, 6) is 0.859. The minimum Gasteiger partial charge on any atom is -0.497 e. The molecule has 0 radical (unpaired) electrons. The zero-order valence-corrected chi connectivity index (χ0v) is 9.53. The molecule has 0 spiro atoms. The summed E-state index contributed by atoms with van der Waals surface area (Å²) < 4.78 is 5.15. The fourth-order valence-corrected chi connectivity index (χ4v) is 1.38. The number of hydrogen-bond donors (Lipinski definition) is 2. The summed E-state index contributed by atoms with van der Waals surface area (Å²) in [6.45, 7) is 4.43. The molecule has 2 N–H and O–H groups in total. The van der Waals surface area contributed by atoms with E-state index in [4.69, 9.17) is 9.84 Å². The van der Waals surface area contributed by atoms with Gasteiger partial charge in [-0.15, -0.1) is 0 Å². The van der Waals surface area contributed by atoms with Gasteiger partial charge in [-0.1, -0.05) is 12.1 Å². The largest absolute Gasteiger partial charge is 0.497 e. The summed E-state index contributed by atoms with van der Waals surface area (Å²) in [6, 6.07) is 8.15. The van der Waals surface area contributed by atoms with Gasteiger partial charge in [-0.3, -0.25) is 0 Å². The van der Waals surface area contributed by atoms with Gasteiger partial charge in [-0.25, -0.2) is 0 Å². The lowest BCUT2D eigenvalue weighted by atomic mass is 10.1. The van der Waals surface area contributed by atoms with Crippen LogP contribution in [-0.4, -0.2) is 24.9 Å². The van der Waals surface area contributed by atoms with E-state index in [-0.39, 0.29) is 12.1 Å². The van der Waals surface area contributed by atoms with E-state index in [1.165, 1.54) is 0 Å². The molecule has 0 heterocycles. The zero-order valence-electron chi connectivity index (χ0n) is 9.53. The SMILES string of the molecule is COc1cccc([C@H](C)NC[C@H](C)O)c1. The first-order valence-electron chi connectivity index (χ1n) is 5.19. The summed E-state index contributed by atoms with van der Waals surface area (Å²) in [5, 5.41) is 12.4. The predicted molar refractivity (Wildman–Crippen MR) is 61.1 cm³/mol. The van der Waals surface area contributed by atoms with Gasteiger partial charge in [0.2, 0.25) is 0 Å². The van der Waals surface area contributed by atoms with E-state index < -0.39 is 0 Å². The Morgan fingerprint density at radius 3 is 2.73 bits per heavy atom. The van der Waals surface area contributed by atoms with Crippen molar-refractivity contribution in [3.05, 3.63) is 29.8 Å². The molecule has 0 aromatic heterocycles. The highest BCUT2D eigenvalue weighted by Gasteiger charge is 2.06.